The molecule has 0 amide bonds. The van der Waals surface area contributed by atoms with E-state index in [1.165, 1.54) is 5.56 Å². The third-order valence-electron chi connectivity index (χ3n) is 2.89. The second-order valence-corrected chi connectivity index (χ2v) is 4.18. The summed E-state index contributed by atoms with van der Waals surface area (Å²) in [7, 11) is 0. The number of benzene rings is 1. The average Bonchev–Trinajstić information content (AvgIpc) is 2.30. The molecular formula is C14H16N2O. The molecule has 0 saturated heterocycles. The maximum atomic E-state index is 5.82. The summed E-state index contributed by atoms with van der Waals surface area (Å²) >= 11 is 0. The van der Waals surface area contributed by atoms with Crippen LogP contribution in [0.4, 0.5) is 5.69 Å². The third-order valence-corrected chi connectivity index (χ3v) is 2.89. The number of aromatic nitrogens is 1. The largest absolute Gasteiger partial charge is 0.439 e. The van der Waals surface area contributed by atoms with E-state index in [0.29, 0.717) is 11.6 Å². The van der Waals surface area contributed by atoms with E-state index >= 15 is 0 Å². The number of pyridine rings is 1. The molecular weight excluding hydrogens is 212 g/mol. The zero-order valence-electron chi connectivity index (χ0n) is 10.3. The Kier molecular flexibility index (Phi) is 3.00. The predicted octanol–water partition coefficient (Wildman–Crippen LogP) is 3.38. The minimum atomic E-state index is 0.529. The van der Waals surface area contributed by atoms with E-state index < -0.39 is 0 Å². The molecule has 2 aromatic rings. The first-order valence-electron chi connectivity index (χ1n) is 5.54. The van der Waals surface area contributed by atoms with Crippen molar-refractivity contribution >= 4 is 5.69 Å². The highest BCUT2D eigenvalue weighted by atomic mass is 16.5. The molecule has 1 heterocycles. The molecule has 17 heavy (non-hydrogen) atoms. The van der Waals surface area contributed by atoms with E-state index in [2.05, 4.69) is 18.0 Å². The van der Waals surface area contributed by atoms with E-state index in [4.69, 9.17) is 10.5 Å². The van der Waals surface area contributed by atoms with Crippen molar-refractivity contribution in [1.29, 1.82) is 0 Å². The van der Waals surface area contributed by atoms with Gasteiger partial charge in [0.25, 0.3) is 0 Å². The fourth-order valence-electron chi connectivity index (χ4n) is 1.52. The van der Waals surface area contributed by atoms with E-state index in [0.717, 1.165) is 16.9 Å². The highest BCUT2D eigenvalue weighted by Gasteiger charge is 2.05. The normalized spacial score (nSPS) is 10.3. The van der Waals surface area contributed by atoms with Crippen molar-refractivity contribution in [2.75, 3.05) is 5.73 Å². The van der Waals surface area contributed by atoms with Crippen LogP contribution in [0.25, 0.3) is 0 Å². The SMILES string of the molecule is Cc1cnc(Oc2cccc(C)c2C)cc1N. The minimum absolute atomic E-state index is 0.529. The Balaban J connectivity index is 2.31. The first kappa shape index (κ1) is 11.5. The van der Waals surface area contributed by atoms with Crippen LogP contribution in [0.3, 0.4) is 0 Å². The van der Waals surface area contributed by atoms with Crippen LogP contribution in [-0.2, 0) is 0 Å². The van der Waals surface area contributed by atoms with Gasteiger partial charge in [-0.2, -0.15) is 0 Å². The molecule has 88 valence electrons. The lowest BCUT2D eigenvalue weighted by Crippen LogP contribution is -1.95. The molecule has 0 radical (unpaired) electrons. The first-order chi connectivity index (χ1) is 8.08. The molecule has 0 aliphatic rings. The molecule has 1 aromatic heterocycles. The van der Waals surface area contributed by atoms with Gasteiger partial charge in [-0.25, -0.2) is 4.98 Å². The number of rotatable bonds is 2. The van der Waals surface area contributed by atoms with Gasteiger partial charge in [0.1, 0.15) is 5.75 Å². The minimum Gasteiger partial charge on any atom is -0.439 e. The number of anilines is 1. The molecule has 3 nitrogen and oxygen atoms in total. The summed E-state index contributed by atoms with van der Waals surface area (Å²) in [5.41, 5.74) is 9.79. The lowest BCUT2D eigenvalue weighted by Gasteiger charge is -2.10. The van der Waals surface area contributed by atoms with Crippen LogP contribution < -0.4 is 10.5 Å². The highest BCUT2D eigenvalue weighted by Crippen LogP contribution is 2.26. The van der Waals surface area contributed by atoms with E-state index in [1.54, 1.807) is 12.3 Å². The standard InChI is InChI=1S/C14H16N2O/c1-9-5-4-6-13(11(9)3)17-14-7-12(15)10(2)8-16-14/h4-8H,1-3H3,(H2,15,16). The number of aryl methyl sites for hydroxylation is 2. The number of nitrogen functional groups attached to an aromatic ring is 1. The fourth-order valence-corrected chi connectivity index (χ4v) is 1.52. The zero-order valence-corrected chi connectivity index (χ0v) is 10.3. The van der Waals surface area contributed by atoms with Crippen LogP contribution in [0.15, 0.2) is 30.5 Å². The Bertz CT molecular complexity index is 550. The van der Waals surface area contributed by atoms with Crippen molar-refractivity contribution in [1.82, 2.24) is 4.98 Å². The van der Waals surface area contributed by atoms with E-state index in [9.17, 15) is 0 Å². The quantitative estimate of drug-likeness (QED) is 0.857. The molecule has 0 saturated carbocycles. The molecule has 0 aliphatic carbocycles. The Morgan fingerprint density at radius 2 is 1.88 bits per heavy atom. The molecule has 2 rings (SSSR count). The molecule has 0 fully saturated rings. The van der Waals surface area contributed by atoms with Gasteiger partial charge < -0.3 is 10.5 Å². The van der Waals surface area contributed by atoms with Gasteiger partial charge in [-0.15, -0.1) is 0 Å². The van der Waals surface area contributed by atoms with Crippen LogP contribution in [0.2, 0.25) is 0 Å². The van der Waals surface area contributed by atoms with Crippen molar-refractivity contribution < 1.29 is 4.74 Å². The summed E-state index contributed by atoms with van der Waals surface area (Å²) in [6, 6.07) is 7.70. The molecule has 0 spiro atoms. The predicted molar refractivity (Wildman–Crippen MR) is 69.4 cm³/mol. The summed E-state index contributed by atoms with van der Waals surface area (Å²) in [5, 5.41) is 0. The molecule has 0 aliphatic heterocycles. The smallest absolute Gasteiger partial charge is 0.221 e. The lowest BCUT2D eigenvalue weighted by atomic mass is 10.1. The second kappa shape index (κ2) is 4.45. The maximum absolute atomic E-state index is 5.82. The Labute approximate surface area is 101 Å². The summed E-state index contributed by atoms with van der Waals surface area (Å²) in [5.74, 6) is 1.35. The van der Waals surface area contributed by atoms with E-state index in [1.807, 2.05) is 26.0 Å². The average molecular weight is 228 g/mol. The molecule has 0 bridgehead atoms. The van der Waals surface area contributed by atoms with Gasteiger partial charge in [0.05, 0.1) is 0 Å². The van der Waals surface area contributed by atoms with Crippen LogP contribution in [0.1, 0.15) is 16.7 Å². The van der Waals surface area contributed by atoms with Gasteiger partial charge in [0, 0.05) is 18.0 Å². The van der Waals surface area contributed by atoms with Crippen LogP contribution in [0, 0.1) is 20.8 Å². The molecule has 0 atom stereocenters. The summed E-state index contributed by atoms with van der Waals surface area (Å²) in [6.07, 6.45) is 1.72. The Morgan fingerprint density at radius 1 is 1.12 bits per heavy atom. The zero-order chi connectivity index (χ0) is 12.4. The van der Waals surface area contributed by atoms with Crippen molar-refractivity contribution in [2.45, 2.75) is 20.8 Å². The Morgan fingerprint density at radius 3 is 2.59 bits per heavy atom. The van der Waals surface area contributed by atoms with Crippen LogP contribution >= 0.6 is 0 Å². The number of nitrogens with two attached hydrogens (primary N) is 1. The van der Waals surface area contributed by atoms with Gasteiger partial charge in [-0.3, -0.25) is 0 Å². The van der Waals surface area contributed by atoms with Crippen molar-refractivity contribution in [3.63, 3.8) is 0 Å². The molecule has 3 heteroatoms. The lowest BCUT2D eigenvalue weighted by molar-refractivity contribution is 0.459. The molecule has 1 aromatic carbocycles. The third kappa shape index (κ3) is 2.38. The van der Waals surface area contributed by atoms with Gasteiger partial charge in [-0.1, -0.05) is 12.1 Å². The second-order valence-electron chi connectivity index (χ2n) is 4.18. The van der Waals surface area contributed by atoms with Crippen molar-refractivity contribution in [3.8, 4) is 11.6 Å². The fraction of sp³-hybridized carbons (Fsp3) is 0.214. The summed E-state index contributed by atoms with van der Waals surface area (Å²) in [4.78, 5) is 4.20. The number of nitrogens with zero attached hydrogens (tertiary/aromatic N) is 1. The van der Waals surface area contributed by atoms with Gasteiger partial charge >= 0.3 is 0 Å². The van der Waals surface area contributed by atoms with Crippen molar-refractivity contribution in [2.24, 2.45) is 0 Å². The van der Waals surface area contributed by atoms with Gasteiger partial charge in [-0.05, 0) is 43.5 Å². The van der Waals surface area contributed by atoms with E-state index in [-0.39, 0.29) is 0 Å². The highest BCUT2D eigenvalue weighted by molar-refractivity contribution is 5.48. The molecule has 2 N–H and O–H groups in total. The number of hydrogen-bond acceptors (Lipinski definition) is 3. The van der Waals surface area contributed by atoms with Gasteiger partial charge in [0.2, 0.25) is 5.88 Å². The maximum Gasteiger partial charge on any atom is 0.221 e. The van der Waals surface area contributed by atoms with Crippen LogP contribution in [0.5, 0.6) is 11.6 Å². The van der Waals surface area contributed by atoms with Crippen molar-refractivity contribution in [3.05, 3.63) is 47.2 Å². The molecule has 0 unspecified atom stereocenters. The number of hydrogen-bond donors (Lipinski definition) is 1. The summed E-state index contributed by atoms with van der Waals surface area (Å²) < 4.78 is 5.73. The topological polar surface area (TPSA) is 48.1 Å². The number of ether oxygens (including phenoxy) is 1. The summed E-state index contributed by atoms with van der Waals surface area (Å²) in [6.45, 7) is 6.01. The monoisotopic (exact) mass is 228 g/mol. The first-order valence-corrected chi connectivity index (χ1v) is 5.54. The van der Waals surface area contributed by atoms with Gasteiger partial charge in [0.15, 0.2) is 0 Å². The Hall–Kier alpha value is -2.03. The van der Waals surface area contributed by atoms with Crippen LogP contribution in [-0.4, -0.2) is 4.98 Å².